The van der Waals surface area contributed by atoms with Crippen LogP contribution in [0.2, 0.25) is 0 Å². The first-order chi connectivity index (χ1) is 10.1. The Morgan fingerprint density at radius 3 is 2.76 bits per heavy atom. The molecule has 3 aliphatic rings. The molecule has 0 spiro atoms. The molecular formula is C15H25N3O3. The van der Waals surface area contributed by atoms with E-state index < -0.39 is 0 Å². The summed E-state index contributed by atoms with van der Waals surface area (Å²) in [5.41, 5.74) is 0. The van der Waals surface area contributed by atoms with Gasteiger partial charge in [-0.05, 0) is 20.5 Å². The molecule has 0 radical (unpaired) electrons. The highest BCUT2D eigenvalue weighted by atomic mass is 16.5. The highest BCUT2D eigenvalue weighted by Crippen LogP contribution is 2.33. The fourth-order valence-electron chi connectivity index (χ4n) is 3.63. The SMILES string of the molecule is CN(C)CCN1C[C@@H]2CN(C(=O)[C@@H]3CCOC3)C[C@@H]2C1=O. The molecule has 6 heteroatoms. The zero-order valence-electron chi connectivity index (χ0n) is 13.0. The number of amides is 2. The van der Waals surface area contributed by atoms with Gasteiger partial charge >= 0.3 is 0 Å². The average molecular weight is 295 g/mol. The van der Waals surface area contributed by atoms with Gasteiger partial charge in [0.15, 0.2) is 0 Å². The third-order valence-electron chi connectivity index (χ3n) is 4.93. The van der Waals surface area contributed by atoms with Gasteiger partial charge in [-0.1, -0.05) is 0 Å². The Morgan fingerprint density at radius 1 is 1.33 bits per heavy atom. The molecule has 3 saturated heterocycles. The zero-order chi connectivity index (χ0) is 15.0. The molecule has 0 saturated carbocycles. The minimum absolute atomic E-state index is 0.0174. The van der Waals surface area contributed by atoms with Crippen LogP contribution < -0.4 is 0 Å². The lowest BCUT2D eigenvalue weighted by molar-refractivity contribution is -0.136. The van der Waals surface area contributed by atoms with Gasteiger partial charge in [0.1, 0.15) is 0 Å². The van der Waals surface area contributed by atoms with Crippen molar-refractivity contribution < 1.29 is 14.3 Å². The number of hydrogen-bond donors (Lipinski definition) is 0. The molecule has 0 unspecified atom stereocenters. The smallest absolute Gasteiger partial charge is 0.228 e. The third kappa shape index (κ3) is 2.92. The monoisotopic (exact) mass is 295 g/mol. The summed E-state index contributed by atoms with van der Waals surface area (Å²) < 4.78 is 5.30. The molecule has 118 valence electrons. The van der Waals surface area contributed by atoms with E-state index in [1.54, 1.807) is 0 Å². The molecular weight excluding hydrogens is 270 g/mol. The summed E-state index contributed by atoms with van der Waals surface area (Å²) in [5.74, 6) is 0.794. The highest BCUT2D eigenvalue weighted by Gasteiger charge is 2.48. The van der Waals surface area contributed by atoms with Crippen LogP contribution in [0, 0.1) is 17.8 Å². The van der Waals surface area contributed by atoms with Crippen LogP contribution >= 0.6 is 0 Å². The van der Waals surface area contributed by atoms with Crippen molar-refractivity contribution in [2.45, 2.75) is 6.42 Å². The van der Waals surface area contributed by atoms with Crippen molar-refractivity contribution in [1.82, 2.24) is 14.7 Å². The second-order valence-electron chi connectivity index (χ2n) is 6.76. The Hall–Kier alpha value is -1.14. The summed E-state index contributed by atoms with van der Waals surface area (Å²) in [6.07, 6.45) is 0.827. The molecule has 3 heterocycles. The van der Waals surface area contributed by atoms with Crippen molar-refractivity contribution in [2.24, 2.45) is 17.8 Å². The zero-order valence-corrected chi connectivity index (χ0v) is 13.0. The predicted octanol–water partition coefficient (Wildman–Crippen LogP) is -0.499. The molecule has 3 rings (SSSR count). The molecule has 0 N–H and O–H groups in total. The summed E-state index contributed by atoms with van der Waals surface area (Å²) in [6, 6.07) is 0. The molecule has 0 aliphatic carbocycles. The van der Waals surface area contributed by atoms with Gasteiger partial charge in [-0.3, -0.25) is 9.59 Å². The summed E-state index contributed by atoms with van der Waals surface area (Å²) in [4.78, 5) is 30.8. The maximum absolute atomic E-state index is 12.4. The largest absolute Gasteiger partial charge is 0.381 e. The van der Waals surface area contributed by atoms with E-state index in [0.29, 0.717) is 25.7 Å². The maximum atomic E-state index is 12.4. The first kappa shape index (κ1) is 14.8. The molecule has 0 aromatic heterocycles. The Labute approximate surface area is 126 Å². The fourth-order valence-corrected chi connectivity index (χ4v) is 3.63. The van der Waals surface area contributed by atoms with Gasteiger partial charge in [-0.2, -0.15) is 0 Å². The summed E-state index contributed by atoms with van der Waals surface area (Å²) in [6.45, 7) is 5.09. The lowest BCUT2D eigenvalue weighted by atomic mass is 10.0. The number of rotatable bonds is 4. The van der Waals surface area contributed by atoms with Crippen molar-refractivity contribution in [1.29, 1.82) is 0 Å². The molecule has 6 nitrogen and oxygen atoms in total. The summed E-state index contributed by atoms with van der Waals surface area (Å²) >= 11 is 0. The van der Waals surface area contributed by atoms with Crippen LogP contribution in [0.1, 0.15) is 6.42 Å². The normalized spacial score (nSPS) is 32.3. The average Bonchev–Trinajstić information content (AvgIpc) is 3.14. The van der Waals surface area contributed by atoms with E-state index in [-0.39, 0.29) is 23.7 Å². The number of likely N-dealkylation sites (N-methyl/N-ethyl adjacent to an activating group) is 1. The molecule has 0 aromatic rings. The maximum Gasteiger partial charge on any atom is 0.228 e. The van der Waals surface area contributed by atoms with Gasteiger partial charge in [0, 0.05) is 45.2 Å². The van der Waals surface area contributed by atoms with E-state index in [1.165, 1.54) is 0 Å². The van der Waals surface area contributed by atoms with Crippen molar-refractivity contribution >= 4 is 11.8 Å². The minimum atomic E-state index is 0.0174. The van der Waals surface area contributed by atoms with E-state index in [4.69, 9.17) is 4.74 Å². The van der Waals surface area contributed by atoms with Gasteiger partial charge in [0.05, 0.1) is 18.4 Å². The first-order valence-corrected chi connectivity index (χ1v) is 7.86. The summed E-state index contributed by atoms with van der Waals surface area (Å²) in [5, 5.41) is 0. The molecule has 0 bridgehead atoms. The molecule has 3 aliphatic heterocycles. The minimum Gasteiger partial charge on any atom is -0.381 e. The number of nitrogens with zero attached hydrogens (tertiary/aromatic N) is 3. The van der Waals surface area contributed by atoms with E-state index in [2.05, 4.69) is 4.90 Å². The Bertz CT molecular complexity index is 420. The quantitative estimate of drug-likeness (QED) is 0.702. The second kappa shape index (κ2) is 5.93. The Morgan fingerprint density at radius 2 is 2.14 bits per heavy atom. The third-order valence-corrected chi connectivity index (χ3v) is 4.93. The van der Waals surface area contributed by atoms with Crippen LogP contribution in [0.4, 0.5) is 0 Å². The molecule has 0 aromatic carbocycles. The van der Waals surface area contributed by atoms with E-state index >= 15 is 0 Å². The number of carbonyl (C=O) groups excluding carboxylic acids is 2. The van der Waals surface area contributed by atoms with Crippen LogP contribution in [0.15, 0.2) is 0 Å². The van der Waals surface area contributed by atoms with Crippen molar-refractivity contribution in [3.8, 4) is 0 Å². The lowest BCUT2D eigenvalue weighted by Crippen LogP contribution is -2.40. The van der Waals surface area contributed by atoms with E-state index in [1.807, 2.05) is 23.9 Å². The van der Waals surface area contributed by atoms with Gasteiger partial charge in [0.25, 0.3) is 0 Å². The number of carbonyl (C=O) groups is 2. The number of likely N-dealkylation sites (tertiary alicyclic amines) is 2. The Kier molecular flexibility index (Phi) is 4.17. The highest BCUT2D eigenvalue weighted by molar-refractivity contribution is 5.85. The van der Waals surface area contributed by atoms with Gasteiger partial charge in [-0.15, -0.1) is 0 Å². The standard InChI is InChI=1S/C15H25N3O3/c1-16(2)4-5-17-7-12-8-18(9-13(12)15(17)20)14(19)11-3-6-21-10-11/h11-13H,3-10H2,1-2H3/t11-,12-,13+/m1/s1. The molecule has 3 atom stereocenters. The van der Waals surface area contributed by atoms with Crippen LogP contribution in [-0.2, 0) is 14.3 Å². The van der Waals surface area contributed by atoms with Crippen molar-refractivity contribution in [3.05, 3.63) is 0 Å². The van der Waals surface area contributed by atoms with E-state index in [9.17, 15) is 9.59 Å². The van der Waals surface area contributed by atoms with Crippen LogP contribution in [-0.4, -0.2) is 86.5 Å². The number of hydrogen-bond acceptors (Lipinski definition) is 4. The fraction of sp³-hybridized carbons (Fsp3) is 0.867. The Balaban J connectivity index is 1.54. The first-order valence-electron chi connectivity index (χ1n) is 7.86. The lowest BCUT2D eigenvalue weighted by Gasteiger charge is -2.24. The van der Waals surface area contributed by atoms with Crippen molar-refractivity contribution in [2.75, 3.05) is 60.0 Å². The van der Waals surface area contributed by atoms with Gasteiger partial charge < -0.3 is 19.4 Å². The number of fused-ring (bicyclic) bond motifs is 1. The van der Waals surface area contributed by atoms with Gasteiger partial charge in [-0.25, -0.2) is 0 Å². The van der Waals surface area contributed by atoms with E-state index in [0.717, 1.165) is 32.6 Å². The molecule has 2 amide bonds. The topological polar surface area (TPSA) is 53.1 Å². The predicted molar refractivity (Wildman–Crippen MR) is 77.6 cm³/mol. The van der Waals surface area contributed by atoms with Crippen LogP contribution in [0.3, 0.4) is 0 Å². The molecule has 3 fully saturated rings. The van der Waals surface area contributed by atoms with Crippen LogP contribution in [0.5, 0.6) is 0 Å². The summed E-state index contributed by atoms with van der Waals surface area (Å²) in [7, 11) is 4.04. The second-order valence-corrected chi connectivity index (χ2v) is 6.76. The van der Waals surface area contributed by atoms with Crippen molar-refractivity contribution in [3.63, 3.8) is 0 Å². The molecule has 21 heavy (non-hydrogen) atoms. The van der Waals surface area contributed by atoms with Crippen LogP contribution in [0.25, 0.3) is 0 Å². The number of ether oxygens (including phenoxy) is 1. The van der Waals surface area contributed by atoms with Gasteiger partial charge in [0.2, 0.25) is 11.8 Å².